The summed E-state index contributed by atoms with van der Waals surface area (Å²) >= 11 is 1.44. The highest BCUT2D eigenvalue weighted by atomic mass is 32.2. The highest BCUT2D eigenvalue weighted by Crippen LogP contribution is 2.37. The molecule has 2 aromatic carbocycles. The normalized spacial score (nSPS) is 17.0. The molecule has 28 heavy (non-hydrogen) atoms. The molecule has 3 rings (SSSR count). The van der Waals surface area contributed by atoms with Crippen molar-refractivity contribution in [2.45, 2.75) is 37.2 Å². The van der Waals surface area contributed by atoms with E-state index in [1.54, 1.807) is 6.07 Å². The van der Waals surface area contributed by atoms with Gasteiger partial charge in [-0.25, -0.2) is 8.78 Å². The van der Waals surface area contributed by atoms with Crippen molar-refractivity contribution in [2.75, 3.05) is 5.75 Å². The molecule has 4 nitrogen and oxygen atoms in total. The van der Waals surface area contributed by atoms with Gasteiger partial charge in [0.25, 0.3) is 5.91 Å². The SMILES string of the molecule is CC(C)C(NC(=O)c1ccc(F)cc1)C(=O)NC1CCSc2c(F)cccc21. The van der Waals surface area contributed by atoms with Gasteiger partial charge in [-0.05, 0) is 48.2 Å². The number of carbonyl (C=O) groups is 2. The first-order chi connectivity index (χ1) is 13.4. The zero-order chi connectivity index (χ0) is 20.3. The van der Waals surface area contributed by atoms with Crippen LogP contribution in [0, 0.1) is 17.6 Å². The van der Waals surface area contributed by atoms with Crippen LogP contribution in [0.4, 0.5) is 8.78 Å². The maximum atomic E-state index is 14.0. The van der Waals surface area contributed by atoms with Crippen LogP contribution in [0.2, 0.25) is 0 Å². The first-order valence-corrected chi connectivity index (χ1v) is 10.1. The van der Waals surface area contributed by atoms with Crippen molar-refractivity contribution in [1.82, 2.24) is 10.6 Å². The minimum absolute atomic E-state index is 0.158. The van der Waals surface area contributed by atoms with E-state index in [1.165, 1.54) is 42.1 Å². The van der Waals surface area contributed by atoms with Crippen molar-refractivity contribution in [3.05, 3.63) is 65.2 Å². The average molecular weight is 404 g/mol. The highest BCUT2D eigenvalue weighted by molar-refractivity contribution is 7.99. The lowest BCUT2D eigenvalue weighted by atomic mass is 9.99. The fourth-order valence-electron chi connectivity index (χ4n) is 3.16. The van der Waals surface area contributed by atoms with Gasteiger partial charge in [0.2, 0.25) is 5.91 Å². The van der Waals surface area contributed by atoms with E-state index in [-0.39, 0.29) is 29.2 Å². The molecule has 0 bridgehead atoms. The standard InChI is InChI=1S/C21H22F2N2O2S/c1-12(2)18(25-20(26)13-6-8-14(22)9-7-13)21(27)24-17-10-11-28-19-15(17)4-3-5-16(19)23/h3-9,12,17-18H,10-11H2,1-2H3,(H,24,27)(H,25,26). The van der Waals surface area contributed by atoms with Crippen molar-refractivity contribution in [1.29, 1.82) is 0 Å². The van der Waals surface area contributed by atoms with Crippen LogP contribution in [0.15, 0.2) is 47.4 Å². The lowest BCUT2D eigenvalue weighted by Gasteiger charge is -2.29. The maximum Gasteiger partial charge on any atom is 0.251 e. The maximum absolute atomic E-state index is 14.0. The molecule has 1 heterocycles. The van der Waals surface area contributed by atoms with Gasteiger partial charge in [0.15, 0.2) is 0 Å². The fourth-order valence-corrected chi connectivity index (χ4v) is 4.30. The first-order valence-electron chi connectivity index (χ1n) is 9.15. The van der Waals surface area contributed by atoms with Gasteiger partial charge in [-0.2, -0.15) is 0 Å². The molecule has 0 aliphatic carbocycles. The zero-order valence-electron chi connectivity index (χ0n) is 15.7. The quantitative estimate of drug-likeness (QED) is 0.790. The number of benzene rings is 2. The van der Waals surface area contributed by atoms with Crippen LogP contribution in [-0.2, 0) is 4.79 Å². The van der Waals surface area contributed by atoms with Crippen molar-refractivity contribution in [3.63, 3.8) is 0 Å². The number of fused-ring (bicyclic) bond motifs is 1. The Labute approximate surface area is 167 Å². The summed E-state index contributed by atoms with van der Waals surface area (Å²) in [7, 11) is 0. The van der Waals surface area contributed by atoms with E-state index in [1.807, 2.05) is 19.9 Å². The van der Waals surface area contributed by atoms with Crippen LogP contribution in [0.1, 0.15) is 42.2 Å². The molecule has 7 heteroatoms. The number of halogens is 2. The Kier molecular flexibility index (Phi) is 6.34. The molecular weight excluding hydrogens is 382 g/mol. The monoisotopic (exact) mass is 404 g/mol. The molecule has 2 amide bonds. The molecule has 0 aromatic heterocycles. The Morgan fingerprint density at radius 3 is 2.50 bits per heavy atom. The van der Waals surface area contributed by atoms with Crippen molar-refractivity contribution in [3.8, 4) is 0 Å². The van der Waals surface area contributed by atoms with E-state index in [9.17, 15) is 18.4 Å². The van der Waals surface area contributed by atoms with Crippen LogP contribution < -0.4 is 10.6 Å². The van der Waals surface area contributed by atoms with E-state index in [0.717, 1.165) is 5.56 Å². The van der Waals surface area contributed by atoms with E-state index in [0.29, 0.717) is 17.1 Å². The third-order valence-electron chi connectivity index (χ3n) is 4.68. The van der Waals surface area contributed by atoms with Crippen molar-refractivity contribution < 1.29 is 18.4 Å². The molecule has 0 saturated carbocycles. The summed E-state index contributed by atoms with van der Waals surface area (Å²) in [5.41, 5.74) is 1.04. The molecule has 2 N–H and O–H groups in total. The van der Waals surface area contributed by atoms with Gasteiger partial charge >= 0.3 is 0 Å². The Morgan fingerprint density at radius 2 is 1.82 bits per heavy atom. The predicted octanol–water partition coefficient (Wildman–Crippen LogP) is 4.07. The molecule has 2 unspecified atom stereocenters. The van der Waals surface area contributed by atoms with Crippen LogP contribution in [0.3, 0.4) is 0 Å². The van der Waals surface area contributed by atoms with E-state index in [4.69, 9.17) is 0 Å². The molecule has 1 aliphatic heterocycles. The lowest BCUT2D eigenvalue weighted by Crippen LogP contribution is -2.50. The number of hydrogen-bond donors (Lipinski definition) is 2. The molecule has 0 fully saturated rings. The molecule has 0 saturated heterocycles. The summed E-state index contributed by atoms with van der Waals surface area (Å²) in [6.45, 7) is 3.67. The van der Waals surface area contributed by atoms with Crippen LogP contribution in [0.25, 0.3) is 0 Å². The summed E-state index contributed by atoms with van der Waals surface area (Å²) in [4.78, 5) is 25.9. The van der Waals surface area contributed by atoms with Crippen LogP contribution in [0.5, 0.6) is 0 Å². The zero-order valence-corrected chi connectivity index (χ0v) is 16.5. The second-order valence-corrected chi connectivity index (χ2v) is 8.16. The number of amides is 2. The lowest BCUT2D eigenvalue weighted by molar-refractivity contribution is -0.124. The Bertz CT molecular complexity index is 871. The van der Waals surface area contributed by atoms with Crippen molar-refractivity contribution in [2.24, 2.45) is 5.92 Å². The van der Waals surface area contributed by atoms with Gasteiger partial charge in [-0.3, -0.25) is 9.59 Å². The molecule has 0 spiro atoms. The summed E-state index contributed by atoms with van der Waals surface area (Å²) in [5, 5.41) is 5.68. The molecular formula is C21H22F2N2O2S. The van der Waals surface area contributed by atoms with Gasteiger partial charge in [0.05, 0.1) is 6.04 Å². The average Bonchev–Trinajstić information content (AvgIpc) is 2.67. The number of nitrogens with one attached hydrogen (secondary N) is 2. The smallest absolute Gasteiger partial charge is 0.251 e. The van der Waals surface area contributed by atoms with E-state index in [2.05, 4.69) is 10.6 Å². The third-order valence-corrected chi connectivity index (χ3v) is 5.84. The van der Waals surface area contributed by atoms with Gasteiger partial charge < -0.3 is 10.6 Å². The fraction of sp³-hybridized carbons (Fsp3) is 0.333. The molecule has 0 radical (unpaired) electrons. The Hall–Kier alpha value is -2.41. The summed E-state index contributed by atoms with van der Waals surface area (Å²) < 4.78 is 27.1. The Morgan fingerprint density at radius 1 is 1.11 bits per heavy atom. The predicted molar refractivity (Wildman–Crippen MR) is 105 cm³/mol. The minimum Gasteiger partial charge on any atom is -0.347 e. The van der Waals surface area contributed by atoms with Crippen molar-refractivity contribution >= 4 is 23.6 Å². The number of carbonyl (C=O) groups excluding carboxylic acids is 2. The number of hydrogen-bond acceptors (Lipinski definition) is 3. The summed E-state index contributed by atoms with van der Waals surface area (Å²) in [6.07, 6.45) is 0.684. The topological polar surface area (TPSA) is 58.2 Å². The third kappa shape index (κ3) is 4.52. The first kappa shape index (κ1) is 20.3. The second-order valence-electron chi connectivity index (χ2n) is 7.06. The van der Waals surface area contributed by atoms with Gasteiger partial charge in [-0.1, -0.05) is 26.0 Å². The Balaban J connectivity index is 1.73. The molecule has 2 aromatic rings. The largest absolute Gasteiger partial charge is 0.347 e. The second kappa shape index (κ2) is 8.73. The molecule has 2 atom stereocenters. The molecule has 148 valence electrons. The number of rotatable bonds is 5. The van der Waals surface area contributed by atoms with E-state index >= 15 is 0 Å². The van der Waals surface area contributed by atoms with Crippen LogP contribution >= 0.6 is 11.8 Å². The van der Waals surface area contributed by atoms with Gasteiger partial charge in [-0.15, -0.1) is 11.8 Å². The number of thioether (sulfide) groups is 1. The minimum atomic E-state index is -0.760. The highest BCUT2D eigenvalue weighted by Gasteiger charge is 2.30. The van der Waals surface area contributed by atoms with Crippen LogP contribution in [-0.4, -0.2) is 23.6 Å². The summed E-state index contributed by atoms with van der Waals surface area (Å²) in [5.74, 6) is -0.943. The van der Waals surface area contributed by atoms with Gasteiger partial charge in [0.1, 0.15) is 17.7 Å². The van der Waals surface area contributed by atoms with Gasteiger partial charge in [0, 0.05) is 16.2 Å². The summed E-state index contributed by atoms with van der Waals surface area (Å²) in [6, 6.07) is 8.94. The van der Waals surface area contributed by atoms with E-state index < -0.39 is 17.8 Å². The molecule has 1 aliphatic rings.